The van der Waals surface area contributed by atoms with Crippen molar-refractivity contribution >= 4 is 5.97 Å². The fraction of sp³-hybridized carbons (Fsp3) is 0.600. The molecule has 1 rings (SSSR count). The number of aromatic carboxylic acids is 1. The maximum absolute atomic E-state index is 10.8. The lowest BCUT2D eigenvalue weighted by Gasteiger charge is -2.07. The maximum Gasteiger partial charge on any atom is 0.354 e. The molecule has 78 valence electrons. The predicted molar refractivity (Wildman–Crippen MR) is 53.5 cm³/mol. The molecule has 0 spiro atoms. The topological polar surface area (TPSA) is 55.1 Å². The van der Waals surface area contributed by atoms with E-state index in [1.165, 1.54) is 4.68 Å². The highest BCUT2D eigenvalue weighted by Crippen LogP contribution is 2.22. The summed E-state index contributed by atoms with van der Waals surface area (Å²) in [6, 6.07) is 1.67. The fourth-order valence-corrected chi connectivity index (χ4v) is 1.60. The van der Waals surface area contributed by atoms with Crippen LogP contribution in [0, 0.1) is 0 Å². The van der Waals surface area contributed by atoms with Crippen LogP contribution in [0.1, 0.15) is 48.8 Å². The van der Waals surface area contributed by atoms with Gasteiger partial charge in [0.1, 0.15) is 5.69 Å². The Morgan fingerprint density at radius 2 is 2.14 bits per heavy atom. The van der Waals surface area contributed by atoms with Crippen LogP contribution in [0.5, 0.6) is 0 Å². The number of rotatable bonds is 4. The summed E-state index contributed by atoms with van der Waals surface area (Å²) in [5.74, 6) is -0.550. The molecular weight excluding hydrogens is 180 g/mol. The van der Waals surface area contributed by atoms with Crippen molar-refractivity contribution in [3.63, 3.8) is 0 Å². The molecule has 0 amide bonds. The highest BCUT2D eigenvalue weighted by molar-refractivity contribution is 5.85. The van der Waals surface area contributed by atoms with Crippen molar-refractivity contribution in [1.82, 2.24) is 9.78 Å². The molecule has 0 atom stereocenters. The lowest BCUT2D eigenvalue weighted by atomic mass is 9.99. The molecule has 4 heteroatoms. The summed E-state index contributed by atoms with van der Waals surface area (Å²) >= 11 is 0. The van der Waals surface area contributed by atoms with Crippen LogP contribution in [-0.2, 0) is 7.05 Å². The first-order valence-corrected chi connectivity index (χ1v) is 4.87. The number of hydrogen-bond acceptors (Lipinski definition) is 2. The SMILES string of the molecule is CCC(CC)c1cc(C(=O)O)n(C)n1. The summed E-state index contributed by atoms with van der Waals surface area (Å²) in [6.07, 6.45) is 1.99. The summed E-state index contributed by atoms with van der Waals surface area (Å²) in [5, 5.41) is 13.1. The van der Waals surface area contributed by atoms with E-state index in [4.69, 9.17) is 5.11 Å². The van der Waals surface area contributed by atoms with Gasteiger partial charge >= 0.3 is 5.97 Å². The van der Waals surface area contributed by atoms with Crippen molar-refractivity contribution in [3.8, 4) is 0 Å². The van der Waals surface area contributed by atoms with Crippen molar-refractivity contribution in [2.45, 2.75) is 32.6 Å². The molecule has 1 N–H and O–H groups in total. The molecule has 0 unspecified atom stereocenters. The number of carboxylic acids is 1. The largest absolute Gasteiger partial charge is 0.477 e. The molecule has 0 aliphatic rings. The third-order valence-corrected chi connectivity index (χ3v) is 2.52. The van der Waals surface area contributed by atoms with E-state index in [-0.39, 0.29) is 5.69 Å². The second kappa shape index (κ2) is 4.26. The minimum absolute atomic E-state index is 0.256. The van der Waals surface area contributed by atoms with E-state index in [2.05, 4.69) is 18.9 Å². The monoisotopic (exact) mass is 196 g/mol. The van der Waals surface area contributed by atoms with E-state index in [9.17, 15) is 4.79 Å². The third-order valence-electron chi connectivity index (χ3n) is 2.52. The summed E-state index contributed by atoms with van der Waals surface area (Å²) in [7, 11) is 1.66. The number of aryl methyl sites for hydroxylation is 1. The average molecular weight is 196 g/mol. The molecule has 0 aromatic carbocycles. The normalized spacial score (nSPS) is 10.9. The Morgan fingerprint density at radius 1 is 1.57 bits per heavy atom. The van der Waals surface area contributed by atoms with Crippen molar-refractivity contribution in [1.29, 1.82) is 0 Å². The van der Waals surface area contributed by atoms with Gasteiger partial charge in [0.05, 0.1) is 5.69 Å². The van der Waals surface area contributed by atoms with Crippen molar-refractivity contribution in [2.24, 2.45) is 7.05 Å². The highest BCUT2D eigenvalue weighted by Gasteiger charge is 2.16. The first-order valence-electron chi connectivity index (χ1n) is 4.87. The summed E-state index contributed by atoms with van der Waals surface area (Å²) in [6.45, 7) is 4.17. The van der Waals surface area contributed by atoms with Gasteiger partial charge < -0.3 is 5.11 Å². The Hall–Kier alpha value is -1.32. The van der Waals surface area contributed by atoms with Gasteiger partial charge in [-0.05, 0) is 18.9 Å². The van der Waals surface area contributed by atoms with Crippen LogP contribution >= 0.6 is 0 Å². The molecule has 0 fully saturated rings. The lowest BCUT2D eigenvalue weighted by Crippen LogP contribution is -2.05. The zero-order valence-corrected chi connectivity index (χ0v) is 8.82. The number of carbonyl (C=O) groups is 1. The summed E-state index contributed by atoms with van der Waals surface area (Å²) in [4.78, 5) is 10.8. The number of hydrogen-bond donors (Lipinski definition) is 1. The Kier molecular flexibility index (Phi) is 3.28. The van der Waals surface area contributed by atoms with Crippen molar-refractivity contribution in [2.75, 3.05) is 0 Å². The maximum atomic E-state index is 10.8. The zero-order valence-electron chi connectivity index (χ0n) is 8.82. The second-order valence-electron chi connectivity index (χ2n) is 3.40. The van der Waals surface area contributed by atoms with Gasteiger partial charge in [-0.15, -0.1) is 0 Å². The first-order chi connectivity index (χ1) is 6.60. The van der Waals surface area contributed by atoms with Gasteiger partial charge in [-0.25, -0.2) is 4.79 Å². The molecule has 1 aromatic rings. The van der Waals surface area contributed by atoms with Gasteiger partial charge in [-0.2, -0.15) is 5.10 Å². The molecule has 1 heterocycles. The third kappa shape index (κ3) is 1.95. The smallest absolute Gasteiger partial charge is 0.354 e. The van der Waals surface area contributed by atoms with E-state index in [0.29, 0.717) is 5.92 Å². The summed E-state index contributed by atoms with van der Waals surface area (Å²) in [5.41, 5.74) is 1.14. The fourth-order valence-electron chi connectivity index (χ4n) is 1.60. The van der Waals surface area contributed by atoms with E-state index < -0.39 is 5.97 Å². The minimum atomic E-state index is -0.919. The number of aromatic nitrogens is 2. The van der Waals surface area contributed by atoms with E-state index >= 15 is 0 Å². The molecule has 0 aliphatic heterocycles. The molecule has 14 heavy (non-hydrogen) atoms. The summed E-state index contributed by atoms with van der Waals surface area (Å²) < 4.78 is 1.43. The van der Waals surface area contributed by atoms with E-state index in [1.807, 2.05) is 0 Å². The number of carboxylic acid groups (broad SMARTS) is 1. The van der Waals surface area contributed by atoms with Crippen LogP contribution in [0.2, 0.25) is 0 Å². The lowest BCUT2D eigenvalue weighted by molar-refractivity contribution is 0.0685. The Morgan fingerprint density at radius 3 is 2.50 bits per heavy atom. The molecule has 4 nitrogen and oxygen atoms in total. The second-order valence-corrected chi connectivity index (χ2v) is 3.40. The van der Waals surface area contributed by atoms with E-state index in [0.717, 1.165) is 18.5 Å². The zero-order chi connectivity index (χ0) is 10.7. The Bertz CT molecular complexity index is 327. The Labute approximate surface area is 83.5 Å². The predicted octanol–water partition coefficient (Wildman–Crippen LogP) is 2.02. The van der Waals surface area contributed by atoms with Gasteiger partial charge in [0, 0.05) is 13.0 Å². The van der Waals surface area contributed by atoms with Gasteiger partial charge in [0.15, 0.2) is 0 Å². The van der Waals surface area contributed by atoms with Crippen LogP contribution in [0.4, 0.5) is 0 Å². The molecular formula is C10H16N2O2. The molecule has 0 bridgehead atoms. The van der Waals surface area contributed by atoms with Crippen molar-refractivity contribution in [3.05, 3.63) is 17.5 Å². The minimum Gasteiger partial charge on any atom is -0.477 e. The van der Waals surface area contributed by atoms with Crippen LogP contribution in [0.25, 0.3) is 0 Å². The first kappa shape index (κ1) is 10.8. The highest BCUT2D eigenvalue weighted by atomic mass is 16.4. The molecule has 0 radical (unpaired) electrons. The van der Waals surface area contributed by atoms with Gasteiger partial charge in [-0.3, -0.25) is 4.68 Å². The molecule has 1 aromatic heterocycles. The quantitative estimate of drug-likeness (QED) is 0.801. The standard InChI is InChI=1S/C10H16N2O2/c1-4-7(5-2)8-6-9(10(13)14)12(3)11-8/h6-7H,4-5H2,1-3H3,(H,13,14). The van der Waals surface area contributed by atoms with Gasteiger partial charge in [0.25, 0.3) is 0 Å². The number of nitrogens with zero attached hydrogens (tertiary/aromatic N) is 2. The van der Waals surface area contributed by atoms with Gasteiger partial charge in [-0.1, -0.05) is 13.8 Å². The molecule has 0 saturated heterocycles. The Balaban J connectivity index is 3.01. The van der Waals surface area contributed by atoms with E-state index in [1.54, 1.807) is 13.1 Å². The average Bonchev–Trinajstić information content (AvgIpc) is 2.50. The van der Waals surface area contributed by atoms with Crippen LogP contribution in [0.3, 0.4) is 0 Å². The van der Waals surface area contributed by atoms with Crippen LogP contribution < -0.4 is 0 Å². The van der Waals surface area contributed by atoms with Crippen molar-refractivity contribution < 1.29 is 9.90 Å². The molecule has 0 aliphatic carbocycles. The van der Waals surface area contributed by atoms with Gasteiger partial charge in [0.2, 0.25) is 0 Å². The molecule has 0 saturated carbocycles. The van der Waals surface area contributed by atoms with Crippen LogP contribution in [-0.4, -0.2) is 20.9 Å². The van der Waals surface area contributed by atoms with Crippen LogP contribution in [0.15, 0.2) is 6.07 Å².